The van der Waals surface area contributed by atoms with E-state index >= 15 is 0 Å². The molecule has 0 radical (unpaired) electrons. The number of hydrogen-bond acceptors (Lipinski definition) is 2. The number of rotatable bonds is 2. The smallest absolute Gasteiger partial charge is 0.246 e. The molecule has 0 atom stereocenters. The second kappa shape index (κ2) is 2.82. The molecule has 0 N–H and O–H groups in total. The summed E-state index contributed by atoms with van der Waals surface area (Å²) in [5.41, 5.74) is 0. The third-order valence-electron chi connectivity index (χ3n) is 1.31. The van der Waals surface area contributed by atoms with Gasteiger partial charge in [0, 0.05) is 13.0 Å². The Bertz CT molecular complexity index is 114. The van der Waals surface area contributed by atoms with Gasteiger partial charge in [0.25, 0.3) is 0 Å². The molecule has 0 aliphatic carbocycles. The van der Waals surface area contributed by atoms with Crippen molar-refractivity contribution in [2.75, 3.05) is 13.2 Å². The third kappa shape index (κ3) is 1.42. The van der Waals surface area contributed by atoms with Crippen molar-refractivity contribution in [1.82, 2.24) is 5.06 Å². The maximum absolute atomic E-state index is 10.8. The van der Waals surface area contributed by atoms with Crippen molar-refractivity contribution >= 4 is 5.91 Å². The van der Waals surface area contributed by atoms with E-state index < -0.39 is 0 Å². The van der Waals surface area contributed by atoms with Crippen LogP contribution in [0.1, 0.15) is 19.8 Å². The summed E-state index contributed by atoms with van der Waals surface area (Å²) in [7, 11) is 0. The van der Waals surface area contributed by atoms with Crippen molar-refractivity contribution in [3.8, 4) is 0 Å². The summed E-state index contributed by atoms with van der Waals surface area (Å²) in [6.07, 6.45) is 1.60. The highest BCUT2D eigenvalue weighted by molar-refractivity contribution is 5.76. The van der Waals surface area contributed by atoms with Crippen molar-refractivity contribution in [2.45, 2.75) is 19.8 Å². The Balaban J connectivity index is 2.31. The number of hydrogen-bond donors (Lipinski definition) is 0. The average Bonchev–Trinajstić information content (AvgIpc) is 2.18. The summed E-state index contributed by atoms with van der Waals surface area (Å²) in [5.74, 6) is 0.122. The first-order valence-corrected chi connectivity index (χ1v) is 3.28. The molecule has 3 nitrogen and oxygen atoms in total. The molecule has 3 heteroatoms. The molecule has 1 heterocycles. The minimum Gasteiger partial charge on any atom is -0.273 e. The van der Waals surface area contributed by atoms with Crippen molar-refractivity contribution in [2.24, 2.45) is 0 Å². The molecule has 0 aromatic rings. The number of hydroxylamine groups is 2. The van der Waals surface area contributed by atoms with Crippen LogP contribution in [0, 0.1) is 0 Å². The van der Waals surface area contributed by atoms with Crippen LogP contribution in [0.5, 0.6) is 0 Å². The van der Waals surface area contributed by atoms with Gasteiger partial charge in [-0.05, 0) is 13.3 Å². The first-order chi connectivity index (χ1) is 4.34. The summed E-state index contributed by atoms with van der Waals surface area (Å²) in [6, 6.07) is 0. The van der Waals surface area contributed by atoms with Crippen LogP contribution in [0.15, 0.2) is 0 Å². The molecule has 0 spiro atoms. The van der Waals surface area contributed by atoms with E-state index in [-0.39, 0.29) is 5.91 Å². The van der Waals surface area contributed by atoms with Crippen LogP contribution in [0.25, 0.3) is 0 Å². The highest BCUT2D eigenvalue weighted by atomic mass is 16.7. The first-order valence-electron chi connectivity index (χ1n) is 3.28. The van der Waals surface area contributed by atoms with Crippen LogP contribution in [0.4, 0.5) is 0 Å². The zero-order chi connectivity index (χ0) is 6.69. The highest BCUT2D eigenvalue weighted by Gasteiger charge is 2.19. The van der Waals surface area contributed by atoms with Gasteiger partial charge in [-0.2, -0.15) is 0 Å². The SMILES string of the molecule is CCON1CCCC1=O. The molecule has 1 saturated heterocycles. The van der Waals surface area contributed by atoms with Gasteiger partial charge in [-0.3, -0.25) is 9.63 Å². The molecule has 0 saturated carbocycles. The third-order valence-corrected chi connectivity index (χ3v) is 1.31. The van der Waals surface area contributed by atoms with Gasteiger partial charge in [-0.15, -0.1) is 0 Å². The fourth-order valence-electron chi connectivity index (χ4n) is 0.916. The Morgan fingerprint density at radius 1 is 1.78 bits per heavy atom. The second-order valence-corrected chi connectivity index (χ2v) is 2.02. The standard InChI is InChI=1S/C6H11NO2/c1-2-9-7-5-3-4-6(7)8/h2-5H2,1H3. The van der Waals surface area contributed by atoms with E-state index in [1.54, 1.807) is 0 Å². The monoisotopic (exact) mass is 129 g/mol. The molecule has 1 aliphatic heterocycles. The number of carbonyl (C=O) groups is 1. The molecule has 0 aromatic carbocycles. The molecule has 0 bridgehead atoms. The van der Waals surface area contributed by atoms with Crippen LogP contribution < -0.4 is 0 Å². The van der Waals surface area contributed by atoms with E-state index in [4.69, 9.17) is 4.84 Å². The van der Waals surface area contributed by atoms with Gasteiger partial charge in [-0.25, -0.2) is 5.06 Å². The molecular formula is C6H11NO2. The minimum absolute atomic E-state index is 0.122. The molecule has 0 aromatic heterocycles. The Hall–Kier alpha value is -0.570. The zero-order valence-electron chi connectivity index (χ0n) is 5.59. The van der Waals surface area contributed by atoms with E-state index in [2.05, 4.69) is 0 Å². The normalized spacial score (nSPS) is 19.2. The molecule has 52 valence electrons. The number of nitrogens with zero attached hydrogens (tertiary/aromatic N) is 1. The lowest BCUT2D eigenvalue weighted by Crippen LogP contribution is -2.24. The van der Waals surface area contributed by atoms with E-state index in [9.17, 15) is 4.79 Å². The van der Waals surface area contributed by atoms with Crippen LogP contribution in [-0.2, 0) is 9.63 Å². The van der Waals surface area contributed by atoms with Crippen molar-refractivity contribution in [1.29, 1.82) is 0 Å². The maximum atomic E-state index is 10.8. The van der Waals surface area contributed by atoms with E-state index in [1.807, 2.05) is 6.92 Å². The van der Waals surface area contributed by atoms with Crippen LogP contribution in [-0.4, -0.2) is 24.1 Å². The fourth-order valence-corrected chi connectivity index (χ4v) is 0.916. The summed E-state index contributed by atoms with van der Waals surface area (Å²) < 4.78 is 0. The highest BCUT2D eigenvalue weighted by Crippen LogP contribution is 2.08. The molecule has 0 unspecified atom stereocenters. The number of carbonyl (C=O) groups excluding carboxylic acids is 1. The Kier molecular flexibility index (Phi) is 2.05. The molecular weight excluding hydrogens is 118 g/mol. The van der Waals surface area contributed by atoms with Gasteiger partial charge >= 0.3 is 0 Å². The van der Waals surface area contributed by atoms with E-state index in [0.29, 0.717) is 13.0 Å². The van der Waals surface area contributed by atoms with Gasteiger partial charge in [-0.1, -0.05) is 0 Å². The van der Waals surface area contributed by atoms with Gasteiger partial charge < -0.3 is 0 Å². The fraction of sp³-hybridized carbons (Fsp3) is 0.833. The lowest BCUT2D eigenvalue weighted by atomic mass is 10.4. The quantitative estimate of drug-likeness (QED) is 0.545. The van der Waals surface area contributed by atoms with Crippen molar-refractivity contribution < 1.29 is 9.63 Å². The van der Waals surface area contributed by atoms with E-state index in [1.165, 1.54) is 5.06 Å². The predicted octanol–water partition coefficient (Wildman–Crippen LogP) is 0.560. The minimum atomic E-state index is 0.122. The van der Waals surface area contributed by atoms with Crippen molar-refractivity contribution in [3.63, 3.8) is 0 Å². The maximum Gasteiger partial charge on any atom is 0.246 e. The summed E-state index contributed by atoms with van der Waals surface area (Å²) >= 11 is 0. The molecule has 1 rings (SSSR count). The van der Waals surface area contributed by atoms with E-state index in [0.717, 1.165) is 13.0 Å². The van der Waals surface area contributed by atoms with Gasteiger partial charge in [0.2, 0.25) is 5.91 Å². The Morgan fingerprint density at radius 3 is 3.00 bits per heavy atom. The topological polar surface area (TPSA) is 29.5 Å². The summed E-state index contributed by atoms with van der Waals surface area (Å²) in [5, 5.41) is 1.44. The van der Waals surface area contributed by atoms with Gasteiger partial charge in [0.1, 0.15) is 0 Å². The molecule has 1 fully saturated rings. The van der Waals surface area contributed by atoms with Crippen LogP contribution in [0.3, 0.4) is 0 Å². The summed E-state index contributed by atoms with van der Waals surface area (Å²) in [4.78, 5) is 15.8. The lowest BCUT2D eigenvalue weighted by molar-refractivity contribution is -0.175. The summed E-state index contributed by atoms with van der Waals surface area (Å²) in [6.45, 7) is 3.24. The lowest BCUT2D eigenvalue weighted by Gasteiger charge is -2.12. The van der Waals surface area contributed by atoms with Crippen molar-refractivity contribution in [3.05, 3.63) is 0 Å². The Labute approximate surface area is 54.5 Å². The zero-order valence-corrected chi connectivity index (χ0v) is 5.59. The number of amides is 1. The first kappa shape index (κ1) is 6.55. The van der Waals surface area contributed by atoms with Gasteiger partial charge in [0.05, 0.1) is 6.61 Å². The molecule has 9 heavy (non-hydrogen) atoms. The molecule has 1 aliphatic rings. The van der Waals surface area contributed by atoms with Crippen LogP contribution >= 0.6 is 0 Å². The Morgan fingerprint density at radius 2 is 2.56 bits per heavy atom. The van der Waals surface area contributed by atoms with Crippen LogP contribution in [0.2, 0.25) is 0 Å². The largest absolute Gasteiger partial charge is 0.273 e. The molecule has 1 amide bonds. The van der Waals surface area contributed by atoms with Gasteiger partial charge in [0.15, 0.2) is 0 Å². The average molecular weight is 129 g/mol. The predicted molar refractivity (Wildman–Crippen MR) is 32.6 cm³/mol. The second-order valence-electron chi connectivity index (χ2n) is 2.02.